The molecule has 0 fully saturated rings. The molecule has 4 rings (SSSR count). The van der Waals surface area contributed by atoms with Crippen molar-refractivity contribution in [1.82, 2.24) is 4.90 Å². The second-order valence-corrected chi connectivity index (χ2v) is 9.48. The Kier molecular flexibility index (Phi) is 9.41. The lowest BCUT2D eigenvalue weighted by atomic mass is 10.0. The van der Waals surface area contributed by atoms with Crippen molar-refractivity contribution in [3.05, 3.63) is 107 Å². The molecule has 0 spiro atoms. The smallest absolute Gasteiger partial charge is 0.122 e. The van der Waals surface area contributed by atoms with Gasteiger partial charge in [0.15, 0.2) is 0 Å². The fourth-order valence-corrected chi connectivity index (χ4v) is 4.78. The predicted octanol–water partition coefficient (Wildman–Crippen LogP) is 5.74. The second-order valence-electron chi connectivity index (χ2n) is 8.56. The van der Waals surface area contributed by atoms with Gasteiger partial charge in [0.05, 0.1) is 39.1 Å². The Labute approximate surface area is 221 Å². The van der Waals surface area contributed by atoms with E-state index in [0.717, 1.165) is 45.7 Å². The lowest BCUT2D eigenvalue weighted by Crippen LogP contribution is -2.25. The molecule has 2 aromatic rings. The predicted molar refractivity (Wildman–Crippen MR) is 147 cm³/mol. The third kappa shape index (κ3) is 6.48. The summed E-state index contributed by atoms with van der Waals surface area (Å²) >= 11 is 3.47. The molecular weight excluding hydrogens is 520 g/mol. The summed E-state index contributed by atoms with van der Waals surface area (Å²) in [5.74, 6) is 0.916. The van der Waals surface area contributed by atoms with Gasteiger partial charge in [0.25, 0.3) is 0 Å². The van der Waals surface area contributed by atoms with Crippen molar-refractivity contribution in [2.45, 2.75) is 18.9 Å². The van der Waals surface area contributed by atoms with Gasteiger partial charge in [-0.15, -0.1) is 0 Å². The normalized spacial score (nSPS) is 16.6. The molecule has 7 heteroatoms. The molecule has 1 unspecified atom stereocenters. The second kappa shape index (κ2) is 12.9. The number of fused-ring (bicyclic) bond motifs is 1. The summed E-state index contributed by atoms with van der Waals surface area (Å²) in [7, 11) is 0. The number of benzene rings is 2. The lowest BCUT2D eigenvalue weighted by Gasteiger charge is -2.34. The van der Waals surface area contributed by atoms with Crippen LogP contribution in [0.4, 0.5) is 5.69 Å². The highest BCUT2D eigenvalue weighted by molar-refractivity contribution is 9.10. The van der Waals surface area contributed by atoms with Crippen LogP contribution in [0.1, 0.15) is 23.6 Å². The van der Waals surface area contributed by atoms with E-state index in [1.165, 1.54) is 11.1 Å². The van der Waals surface area contributed by atoms with Crippen LogP contribution >= 0.6 is 15.9 Å². The van der Waals surface area contributed by atoms with Gasteiger partial charge in [-0.05, 0) is 66.5 Å². The lowest BCUT2D eigenvalue weighted by molar-refractivity contribution is 0.0246. The Balaban J connectivity index is 1.35. The van der Waals surface area contributed by atoms with Crippen LogP contribution < -0.4 is 10.1 Å². The van der Waals surface area contributed by atoms with Crippen molar-refractivity contribution in [1.29, 1.82) is 0 Å². The van der Waals surface area contributed by atoms with E-state index in [4.69, 9.17) is 19.3 Å². The molecule has 2 aliphatic rings. The molecule has 0 amide bonds. The largest absolute Gasteiger partial charge is 0.491 e. The van der Waals surface area contributed by atoms with E-state index < -0.39 is 0 Å². The van der Waals surface area contributed by atoms with Gasteiger partial charge >= 0.3 is 0 Å². The van der Waals surface area contributed by atoms with Crippen molar-refractivity contribution in [2.75, 3.05) is 45.0 Å². The summed E-state index contributed by atoms with van der Waals surface area (Å²) in [6.07, 6.45) is 8.13. The Morgan fingerprint density at radius 1 is 1.06 bits per heavy atom. The monoisotopic (exact) mass is 552 g/mol. The number of anilines is 1. The molecule has 0 saturated heterocycles. The molecular formula is C29H33BrN2O4. The Morgan fingerprint density at radius 2 is 1.81 bits per heavy atom. The minimum Gasteiger partial charge on any atom is -0.491 e. The highest BCUT2D eigenvalue weighted by Crippen LogP contribution is 2.43. The molecule has 1 heterocycles. The van der Waals surface area contributed by atoms with E-state index in [9.17, 15) is 0 Å². The van der Waals surface area contributed by atoms with Gasteiger partial charge in [-0.3, -0.25) is 0 Å². The van der Waals surface area contributed by atoms with E-state index in [1.807, 2.05) is 30.3 Å². The number of aliphatic hydroxyl groups excluding tert-OH is 1. The quantitative estimate of drug-likeness (QED) is 0.309. The standard InChI is InChI=1S/C29H33BrN2O4/c1-21(31-24-10-8-23(30)9-11-24)25-6-4-14-32(22(25)2)28-13-12-27-26(28)5-3-7-29(27)36-20-19-35-18-17-34-16-15-33/h3-11,14,28,31,33H,1-2,12-13,15-20H2. The molecule has 2 N–H and O–H groups in total. The van der Waals surface area contributed by atoms with Gasteiger partial charge < -0.3 is 29.5 Å². The summed E-state index contributed by atoms with van der Waals surface area (Å²) in [6, 6.07) is 14.5. The molecule has 36 heavy (non-hydrogen) atoms. The summed E-state index contributed by atoms with van der Waals surface area (Å²) in [6.45, 7) is 11.0. The third-order valence-corrected chi connectivity index (χ3v) is 6.75. The maximum Gasteiger partial charge on any atom is 0.122 e. The van der Waals surface area contributed by atoms with E-state index >= 15 is 0 Å². The van der Waals surface area contributed by atoms with Crippen LogP contribution in [0.3, 0.4) is 0 Å². The number of allylic oxidation sites excluding steroid dienone is 2. The van der Waals surface area contributed by atoms with Crippen molar-refractivity contribution in [3.63, 3.8) is 0 Å². The molecule has 0 bridgehead atoms. The van der Waals surface area contributed by atoms with Crippen LogP contribution in [-0.4, -0.2) is 49.6 Å². The highest BCUT2D eigenvalue weighted by Gasteiger charge is 2.31. The maximum atomic E-state index is 8.72. The molecule has 2 aromatic carbocycles. The van der Waals surface area contributed by atoms with Crippen molar-refractivity contribution in [3.8, 4) is 5.75 Å². The van der Waals surface area contributed by atoms with Crippen LogP contribution in [0.2, 0.25) is 0 Å². The summed E-state index contributed by atoms with van der Waals surface area (Å²) < 4.78 is 17.9. The van der Waals surface area contributed by atoms with E-state index in [-0.39, 0.29) is 12.6 Å². The number of ether oxygens (including phenoxy) is 3. The number of hydrogen-bond acceptors (Lipinski definition) is 6. The topological polar surface area (TPSA) is 63.2 Å². The van der Waals surface area contributed by atoms with Gasteiger partial charge in [0, 0.05) is 33.3 Å². The van der Waals surface area contributed by atoms with Crippen molar-refractivity contribution < 1.29 is 19.3 Å². The first-order chi connectivity index (χ1) is 17.6. The number of halogens is 1. The fraction of sp³-hybridized carbons (Fsp3) is 0.310. The zero-order valence-corrected chi connectivity index (χ0v) is 22.0. The van der Waals surface area contributed by atoms with Crippen molar-refractivity contribution >= 4 is 21.6 Å². The molecule has 1 atom stereocenters. The number of nitrogens with zero attached hydrogens (tertiary/aromatic N) is 1. The Hall–Kier alpha value is -2.84. The summed E-state index contributed by atoms with van der Waals surface area (Å²) in [5.41, 5.74) is 6.22. The van der Waals surface area contributed by atoms with E-state index in [2.05, 4.69) is 69.8 Å². The van der Waals surface area contributed by atoms with Crippen LogP contribution in [0.15, 0.2) is 95.4 Å². The molecule has 1 aliphatic heterocycles. The third-order valence-electron chi connectivity index (χ3n) is 6.22. The van der Waals surface area contributed by atoms with Crippen LogP contribution in [0, 0.1) is 0 Å². The molecule has 0 radical (unpaired) electrons. The van der Waals surface area contributed by atoms with Gasteiger partial charge in [0.1, 0.15) is 12.4 Å². The first-order valence-corrected chi connectivity index (χ1v) is 13.0. The first-order valence-electron chi connectivity index (χ1n) is 12.2. The number of nitrogens with one attached hydrogen (secondary N) is 1. The first kappa shape index (κ1) is 26.2. The van der Waals surface area contributed by atoms with Crippen LogP contribution in [-0.2, 0) is 15.9 Å². The van der Waals surface area contributed by atoms with Crippen molar-refractivity contribution in [2.24, 2.45) is 0 Å². The minimum absolute atomic E-state index is 0.0268. The molecule has 0 saturated carbocycles. The average Bonchev–Trinajstić information content (AvgIpc) is 3.32. The van der Waals surface area contributed by atoms with Gasteiger partial charge in [-0.2, -0.15) is 0 Å². The minimum atomic E-state index is 0.0268. The zero-order chi connectivity index (χ0) is 25.3. The molecule has 6 nitrogen and oxygen atoms in total. The average molecular weight is 553 g/mol. The maximum absolute atomic E-state index is 8.72. The zero-order valence-electron chi connectivity index (χ0n) is 20.4. The molecule has 0 aromatic heterocycles. The highest BCUT2D eigenvalue weighted by atomic mass is 79.9. The summed E-state index contributed by atoms with van der Waals surface area (Å²) in [5, 5.41) is 12.1. The van der Waals surface area contributed by atoms with Gasteiger partial charge in [-0.1, -0.05) is 41.2 Å². The Morgan fingerprint density at radius 3 is 2.58 bits per heavy atom. The van der Waals surface area contributed by atoms with Gasteiger partial charge in [0.2, 0.25) is 0 Å². The Bertz CT molecular complexity index is 1130. The SMILES string of the molecule is C=C(Nc1ccc(Br)cc1)C1=CC=CN(C2CCc3c(OCCOCCOCCO)cccc32)C1=C. The van der Waals surface area contributed by atoms with Gasteiger partial charge in [-0.25, -0.2) is 0 Å². The summed E-state index contributed by atoms with van der Waals surface area (Å²) in [4.78, 5) is 2.24. The fourth-order valence-electron chi connectivity index (χ4n) is 4.52. The van der Waals surface area contributed by atoms with Crippen LogP contribution in [0.5, 0.6) is 5.75 Å². The number of hydrogen-bond donors (Lipinski definition) is 2. The molecule has 190 valence electrons. The molecule has 1 aliphatic carbocycles. The number of aliphatic hydroxyl groups is 1. The van der Waals surface area contributed by atoms with E-state index in [0.29, 0.717) is 33.0 Å². The van der Waals surface area contributed by atoms with E-state index in [1.54, 1.807) is 0 Å². The number of rotatable bonds is 13. The van der Waals surface area contributed by atoms with Crippen LogP contribution in [0.25, 0.3) is 0 Å².